The van der Waals surface area contributed by atoms with Crippen LogP contribution in [0, 0.1) is 26.6 Å². The Labute approximate surface area is 92.9 Å². The molecule has 4 heteroatoms. The van der Waals surface area contributed by atoms with Gasteiger partial charge in [0.15, 0.2) is 0 Å². The van der Waals surface area contributed by atoms with Crippen LogP contribution in [0.1, 0.15) is 37.4 Å². The maximum absolute atomic E-state index is 13.9. The standard InChI is InChI=1S/C12H12FNO2/c1-5-6(2)8-9(10(13)7(5)3)12(16)14(4)11(8)15/h1-4H3. The van der Waals surface area contributed by atoms with E-state index in [0.29, 0.717) is 11.1 Å². The normalized spacial score (nSPS) is 14.7. The molecule has 16 heavy (non-hydrogen) atoms. The number of amides is 2. The highest BCUT2D eigenvalue weighted by Gasteiger charge is 2.38. The molecule has 84 valence electrons. The second-order valence-electron chi connectivity index (χ2n) is 4.11. The van der Waals surface area contributed by atoms with Crippen LogP contribution in [-0.2, 0) is 0 Å². The number of halogens is 1. The van der Waals surface area contributed by atoms with E-state index in [1.807, 2.05) is 0 Å². The minimum absolute atomic E-state index is 0.0758. The van der Waals surface area contributed by atoms with Crippen LogP contribution < -0.4 is 0 Å². The van der Waals surface area contributed by atoms with Gasteiger partial charge in [-0.1, -0.05) is 0 Å². The molecule has 0 saturated carbocycles. The topological polar surface area (TPSA) is 37.4 Å². The van der Waals surface area contributed by atoms with Crippen molar-refractivity contribution in [3.05, 3.63) is 33.6 Å². The molecule has 0 spiro atoms. The Morgan fingerprint density at radius 3 is 1.94 bits per heavy atom. The molecular formula is C12H12FNO2. The molecule has 0 N–H and O–H groups in total. The predicted molar refractivity (Wildman–Crippen MR) is 57.0 cm³/mol. The Morgan fingerprint density at radius 1 is 0.875 bits per heavy atom. The second kappa shape index (κ2) is 3.14. The molecule has 0 radical (unpaired) electrons. The van der Waals surface area contributed by atoms with E-state index in [2.05, 4.69) is 0 Å². The van der Waals surface area contributed by atoms with Crippen LogP contribution in [0.2, 0.25) is 0 Å². The van der Waals surface area contributed by atoms with E-state index in [0.717, 1.165) is 10.5 Å². The molecular weight excluding hydrogens is 209 g/mol. The summed E-state index contributed by atoms with van der Waals surface area (Å²) in [5.74, 6) is -1.54. The van der Waals surface area contributed by atoms with E-state index >= 15 is 0 Å². The smallest absolute Gasteiger partial charge is 0.264 e. The van der Waals surface area contributed by atoms with E-state index in [9.17, 15) is 14.0 Å². The number of nitrogens with zero attached hydrogens (tertiary/aromatic N) is 1. The highest BCUT2D eigenvalue weighted by molar-refractivity contribution is 6.22. The van der Waals surface area contributed by atoms with Crippen molar-refractivity contribution in [3.63, 3.8) is 0 Å². The SMILES string of the molecule is Cc1c(C)c(F)c2c(c1C)C(=O)N(C)C2=O. The van der Waals surface area contributed by atoms with Gasteiger partial charge in [-0.3, -0.25) is 14.5 Å². The molecule has 1 aliphatic heterocycles. The fraction of sp³-hybridized carbons (Fsp3) is 0.333. The van der Waals surface area contributed by atoms with Gasteiger partial charge in [0.25, 0.3) is 11.8 Å². The quantitative estimate of drug-likeness (QED) is 0.628. The van der Waals surface area contributed by atoms with Crippen LogP contribution in [0.15, 0.2) is 0 Å². The van der Waals surface area contributed by atoms with Gasteiger partial charge < -0.3 is 0 Å². The van der Waals surface area contributed by atoms with Crippen LogP contribution >= 0.6 is 0 Å². The second-order valence-corrected chi connectivity index (χ2v) is 4.11. The summed E-state index contributed by atoms with van der Waals surface area (Å²) in [4.78, 5) is 24.4. The van der Waals surface area contributed by atoms with Gasteiger partial charge in [-0.2, -0.15) is 0 Å². The molecule has 3 nitrogen and oxygen atoms in total. The number of imide groups is 1. The summed E-state index contributed by atoms with van der Waals surface area (Å²) >= 11 is 0. The monoisotopic (exact) mass is 221 g/mol. The summed E-state index contributed by atoms with van der Waals surface area (Å²) in [5, 5.41) is 0. The fourth-order valence-corrected chi connectivity index (χ4v) is 2.01. The molecule has 1 aromatic carbocycles. The van der Waals surface area contributed by atoms with Gasteiger partial charge >= 0.3 is 0 Å². The maximum Gasteiger partial charge on any atom is 0.264 e. The molecule has 0 atom stereocenters. The van der Waals surface area contributed by atoms with E-state index < -0.39 is 17.6 Å². The number of carbonyl (C=O) groups is 2. The molecule has 0 aliphatic carbocycles. The molecule has 2 amide bonds. The van der Waals surface area contributed by atoms with Gasteiger partial charge in [0, 0.05) is 7.05 Å². The van der Waals surface area contributed by atoms with Crippen molar-refractivity contribution in [2.45, 2.75) is 20.8 Å². The molecule has 0 saturated heterocycles. The van der Waals surface area contributed by atoms with Gasteiger partial charge in [0.05, 0.1) is 11.1 Å². The lowest BCUT2D eigenvalue weighted by atomic mass is 9.94. The summed E-state index contributed by atoms with van der Waals surface area (Å²) in [7, 11) is 1.37. The minimum Gasteiger partial charge on any atom is -0.277 e. The lowest BCUT2D eigenvalue weighted by Crippen LogP contribution is -2.24. The van der Waals surface area contributed by atoms with Gasteiger partial charge in [0.2, 0.25) is 0 Å². The van der Waals surface area contributed by atoms with Gasteiger partial charge in [-0.05, 0) is 37.5 Å². The van der Waals surface area contributed by atoms with Crippen molar-refractivity contribution < 1.29 is 14.0 Å². The van der Waals surface area contributed by atoms with Crippen LogP contribution in [-0.4, -0.2) is 23.8 Å². The maximum atomic E-state index is 13.9. The van der Waals surface area contributed by atoms with E-state index in [1.54, 1.807) is 20.8 Å². The van der Waals surface area contributed by atoms with Crippen molar-refractivity contribution in [1.29, 1.82) is 0 Å². The van der Waals surface area contributed by atoms with E-state index in [1.165, 1.54) is 7.05 Å². The van der Waals surface area contributed by atoms with Crippen LogP contribution in [0.4, 0.5) is 4.39 Å². The average Bonchev–Trinajstić information content (AvgIpc) is 2.48. The van der Waals surface area contributed by atoms with Crippen LogP contribution in [0.25, 0.3) is 0 Å². The summed E-state index contributed by atoms with van der Waals surface area (Å²) in [6.07, 6.45) is 0. The number of rotatable bonds is 0. The third kappa shape index (κ3) is 1.07. The zero-order chi connectivity index (χ0) is 12.2. The van der Waals surface area contributed by atoms with Crippen LogP contribution in [0.5, 0.6) is 0 Å². The first kappa shape index (κ1) is 10.8. The van der Waals surface area contributed by atoms with Crippen LogP contribution in [0.3, 0.4) is 0 Å². The Balaban J connectivity index is 2.91. The Hall–Kier alpha value is -1.71. The largest absolute Gasteiger partial charge is 0.277 e. The Morgan fingerprint density at radius 2 is 1.38 bits per heavy atom. The Kier molecular flexibility index (Phi) is 2.12. The highest BCUT2D eigenvalue weighted by Crippen LogP contribution is 2.31. The number of benzene rings is 1. The lowest BCUT2D eigenvalue weighted by Gasteiger charge is -2.09. The first-order valence-electron chi connectivity index (χ1n) is 4.99. The van der Waals surface area contributed by atoms with Gasteiger partial charge in [-0.15, -0.1) is 0 Å². The molecule has 0 aromatic heterocycles. The molecule has 0 fully saturated rings. The zero-order valence-electron chi connectivity index (χ0n) is 9.64. The molecule has 0 bridgehead atoms. The van der Waals surface area contributed by atoms with Crippen molar-refractivity contribution in [2.75, 3.05) is 7.05 Å². The first-order valence-corrected chi connectivity index (χ1v) is 4.99. The number of fused-ring (bicyclic) bond motifs is 1. The molecule has 0 unspecified atom stereocenters. The van der Waals surface area contributed by atoms with Crippen molar-refractivity contribution in [2.24, 2.45) is 0 Å². The summed E-state index contributed by atoms with van der Waals surface area (Å²) in [6, 6.07) is 0. The predicted octanol–water partition coefficient (Wildman–Crippen LogP) is 1.98. The van der Waals surface area contributed by atoms with E-state index in [-0.39, 0.29) is 11.1 Å². The fourth-order valence-electron chi connectivity index (χ4n) is 2.01. The lowest BCUT2D eigenvalue weighted by molar-refractivity contribution is 0.0691. The number of carbonyl (C=O) groups excluding carboxylic acids is 2. The van der Waals surface area contributed by atoms with Gasteiger partial charge in [0.1, 0.15) is 5.82 Å². The zero-order valence-corrected chi connectivity index (χ0v) is 9.64. The van der Waals surface area contributed by atoms with Crippen molar-refractivity contribution >= 4 is 11.8 Å². The third-order valence-corrected chi connectivity index (χ3v) is 3.34. The van der Waals surface area contributed by atoms with Crippen molar-refractivity contribution in [1.82, 2.24) is 4.90 Å². The number of hydrogen-bond donors (Lipinski definition) is 0. The molecule has 1 aliphatic rings. The summed E-state index contributed by atoms with van der Waals surface area (Å²) in [6.45, 7) is 5.11. The molecule has 2 rings (SSSR count). The minimum atomic E-state index is -0.569. The van der Waals surface area contributed by atoms with Crippen molar-refractivity contribution in [3.8, 4) is 0 Å². The van der Waals surface area contributed by atoms with Gasteiger partial charge in [-0.25, -0.2) is 4.39 Å². The summed E-state index contributed by atoms with van der Waals surface area (Å²) < 4.78 is 13.9. The highest BCUT2D eigenvalue weighted by atomic mass is 19.1. The first-order chi connectivity index (χ1) is 7.37. The summed E-state index contributed by atoms with van der Waals surface area (Å²) in [5.41, 5.74) is 2.00. The molecule has 1 aromatic rings. The molecule has 1 heterocycles. The Bertz CT molecular complexity index is 488. The van der Waals surface area contributed by atoms with E-state index in [4.69, 9.17) is 0 Å². The third-order valence-electron chi connectivity index (χ3n) is 3.34. The number of hydrogen-bond acceptors (Lipinski definition) is 2. The average molecular weight is 221 g/mol.